The third-order valence-corrected chi connectivity index (χ3v) is 1.47. The molecule has 0 fully saturated rings. The number of aryl methyl sites for hydroxylation is 1. The number of hydrogen-bond acceptors (Lipinski definition) is 2. The molecule has 0 aromatic carbocycles. The van der Waals surface area contributed by atoms with E-state index in [1.165, 1.54) is 0 Å². The van der Waals surface area contributed by atoms with Crippen molar-refractivity contribution in [2.24, 2.45) is 17.8 Å². The number of aromatic nitrogens is 2. The molecule has 0 amide bonds. The molecule has 1 heterocycles. The van der Waals surface area contributed by atoms with Crippen LogP contribution < -0.4 is 5.73 Å². The second kappa shape index (κ2) is 3.90. The van der Waals surface area contributed by atoms with Crippen LogP contribution in [0.4, 0.5) is 5.69 Å². The highest BCUT2D eigenvalue weighted by molar-refractivity contribution is 5.82. The Morgan fingerprint density at radius 3 is 3.00 bits per heavy atom. The minimum Gasteiger partial charge on any atom is -0.387 e. The van der Waals surface area contributed by atoms with Crippen LogP contribution >= 0.6 is 0 Å². The number of nitrogens with two attached hydrogens (primary N) is 1. The fourth-order valence-corrected chi connectivity index (χ4v) is 0.944. The van der Waals surface area contributed by atoms with Crippen molar-refractivity contribution < 1.29 is 0 Å². The molecule has 0 saturated heterocycles. The van der Waals surface area contributed by atoms with Gasteiger partial charge in [0.1, 0.15) is 5.69 Å². The van der Waals surface area contributed by atoms with E-state index in [0.717, 1.165) is 18.5 Å². The van der Waals surface area contributed by atoms with Crippen molar-refractivity contribution in [1.82, 2.24) is 9.78 Å². The molecule has 1 rings (SSSR count). The Balaban J connectivity index is 2.67. The maximum absolute atomic E-state index is 5.64. The van der Waals surface area contributed by atoms with Gasteiger partial charge >= 0.3 is 0 Å². The van der Waals surface area contributed by atoms with E-state index in [9.17, 15) is 0 Å². The molecule has 0 atom stereocenters. The largest absolute Gasteiger partial charge is 0.387 e. The molecule has 1 aromatic rings. The van der Waals surface area contributed by atoms with E-state index in [1.807, 2.05) is 13.2 Å². The maximum atomic E-state index is 5.64. The van der Waals surface area contributed by atoms with Crippen LogP contribution in [-0.4, -0.2) is 15.6 Å². The van der Waals surface area contributed by atoms with Gasteiger partial charge in [-0.1, -0.05) is 6.92 Å². The van der Waals surface area contributed by atoms with E-state index >= 15 is 0 Å². The smallest absolute Gasteiger partial charge is 0.103 e. The monoisotopic (exact) mass is 166 g/mol. The molecular formula is C8H14N4. The van der Waals surface area contributed by atoms with Crippen molar-refractivity contribution in [3.8, 4) is 0 Å². The Morgan fingerprint density at radius 2 is 2.50 bits per heavy atom. The van der Waals surface area contributed by atoms with Crippen molar-refractivity contribution in [3.63, 3.8) is 0 Å². The van der Waals surface area contributed by atoms with Gasteiger partial charge in [0.25, 0.3) is 0 Å². The van der Waals surface area contributed by atoms with Gasteiger partial charge in [0.05, 0.1) is 18.2 Å². The Labute approximate surface area is 72.1 Å². The Bertz CT molecular complexity index is 274. The molecule has 0 saturated carbocycles. The highest BCUT2D eigenvalue weighted by Crippen LogP contribution is 2.08. The van der Waals surface area contributed by atoms with Gasteiger partial charge in [-0.25, -0.2) is 4.99 Å². The molecule has 4 heteroatoms. The van der Waals surface area contributed by atoms with E-state index in [1.54, 1.807) is 10.9 Å². The summed E-state index contributed by atoms with van der Waals surface area (Å²) in [6.45, 7) is 2.08. The molecule has 2 N–H and O–H groups in total. The highest BCUT2D eigenvalue weighted by atomic mass is 15.2. The van der Waals surface area contributed by atoms with Crippen LogP contribution in [0.15, 0.2) is 17.4 Å². The van der Waals surface area contributed by atoms with Crippen molar-refractivity contribution in [2.75, 3.05) is 0 Å². The second-order valence-electron chi connectivity index (χ2n) is 2.73. The lowest BCUT2D eigenvalue weighted by molar-refractivity contribution is 0.768. The number of amidine groups is 1. The van der Waals surface area contributed by atoms with Crippen LogP contribution in [0.3, 0.4) is 0 Å². The van der Waals surface area contributed by atoms with E-state index in [2.05, 4.69) is 17.0 Å². The van der Waals surface area contributed by atoms with Crippen LogP contribution in [0.1, 0.15) is 19.8 Å². The van der Waals surface area contributed by atoms with Crippen LogP contribution in [0, 0.1) is 0 Å². The zero-order valence-corrected chi connectivity index (χ0v) is 7.49. The molecule has 0 aliphatic heterocycles. The molecular weight excluding hydrogens is 152 g/mol. The SMILES string of the molecule is CCCC(N)=Nc1cnn(C)c1. The van der Waals surface area contributed by atoms with Crippen molar-refractivity contribution in [1.29, 1.82) is 0 Å². The summed E-state index contributed by atoms with van der Waals surface area (Å²) in [7, 11) is 1.86. The van der Waals surface area contributed by atoms with Gasteiger partial charge in [-0.2, -0.15) is 5.10 Å². The third-order valence-electron chi connectivity index (χ3n) is 1.47. The van der Waals surface area contributed by atoms with Crippen LogP contribution in [0.25, 0.3) is 0 Å². The summed E-state index contributed by atoms with van der Waals surface area (Å²) >= 11 is 0. The van der Waals surface area contributed by atoms with Crippen LogP contribution in [0.5, 0.6) is 0 Å². The third kappa shape index (κ3) is 2.38. The number of nitrogens with zero attached hydrogens (tertiary/aromatic N) is 3. The summed E-state index contributed by atoms with van der Waals surface area (Å²) in [5.74, 6) is 0.672. The predicted octanol–water partition coefficient (Wildman–Crippen LogP) is 1.21. The quantitative estimate of drug-likeness (QED) is 0.542. The first kappa shape index (κ1) is 8.77. The molecule has 0 bridgehead atoms. The van der Waals surface area contributed by atoms with Gasteiger partial charge in [0.15, 0.2) is 0 Å². The molecule has 0 spiro atoms. The molecule has 12 heavy (non-hydrogen) atoms. The van der Waals surface area contributed by atoms with E-state index < -0.39 is 0 Å². The zero-order chi connectivity index (χ0) is 8.97. The summed E-state index contributed by atoms with van der Waals surface area (Å²) in [5, 5.41) is 3.98. The first-order chi connectivity index (χ1) is 5.72. The number of rotatable bonds is 3. The first-order valence-electron chi connectivity index (χ1n) is 4.04. The summed E-state index contributed by atoms with van der Waals surface area (Å²) < 4.78 is 1.71. The van der Waals surface area contributed by atoms with Crippen molar-refractivity contribution >= 4 is 11.5 Å². The van der Waals surface area contributed by atoms with Crippen LogP contribution in [-0.2, 0) is 7.05 Å². The minimum absolute atomic E-state index is 0.672. The molecule has 4 nitrogen and oxygen atoms in total. The summed E-state index contributed by atoms with van der Waals surface area (Å²) in [5.41, 5.74) is 6.46. The Kier molecular flexibility index (Phi) is 2.85. The van der Waals surface area contributed by atoms with Crippen LogP contribution in [0.2, 0.25) is 0 Å². The summed E-state index contributed by atoms with van der Waals surface area (Å²) in [6, 6.07) is 0. The highest BCUT2D eigenvalue weighted by Gasteiger charge is 1.94. The van der Waals surface area contributed by atoms with Gasteiger partial charge in [0.2, 0.25) is 0 Å². The first-order valence-corrected chi connectivity index (χ1v) is 4.04. The molecule has 1 aromatic heterocycles. The van der Waals surface area contributed by atoms with Gasteiger partial charge in [-0.3, -0.25) is 4.68 Å². The lowest BCUT2D eigenvalue weighted by Crippen LogP contribution is -2.09. The van der Waals surface area contributed by atoms with E-state index in [-0.39, 0.29) is 0 Å². The molecule has 0 radical (unpaired) electrons. The molecule has 0 aliphatic carbocycles. The van der Waals surface area contributed by atoms with Crippen molar-refractivity contribution in [3.05, 3.63) is 12.4 Å². The number of hydrogen-bond donors (Lipinski definition) is 1. The van der Waals surface area contributed by atoms with E-state index in [0.29, 0.717) is 5.84 Å². The Hall–Kier alpha value is -1.32. The topological polar surface area (TPSA) is 56.2 Å². The molecule has 0 unspecified atom stereocenters. The lowest BCUT2D eigenvalue weighted by atomic mass is 10.3. The standard InChI is InChI=1S/C8H14N4/c1-3-4-8(9)11-7-5-10-12(2)6-7/h5-6H,3-4H2,1-2H3,(H2,9,11). The fraction of sp³-hybridized carbons (Fsp3) is 0.500. The average molecular weight is 166 g/mol. The zero-order valence-electron chi connectivity index (χ0n) is 7.49. The van der Waals surface area contributed by atoms with Gasteiger partial charge < -0.3 is 5.73 Å². The lowest BCUT2D eigenvalue weighted by Gasteiger charge is -1.94. The summed E-state index contributed by atoms with van der Waals surface area (Å²) in [4.78, 5) is 4.18. The fourth-order valence-electron chi connectivity index (χ4n) is 0.944. The van der Waals surface area contributed by atoms with Crippen molar-refractivity contribution in [2.45, 2.75) is 19.8 Å². The molecule has 0 aliphatic rings. The predicted molar refractivity (Wildman–Crippen MR) is 49.4 cm³/mol. The van der Waals surface area contributed by atoms with Gasteiger partial charge in [0, 0.05) is 13.5 Å². The van der Waals surface area contributed by atoms with E-state index in [4.69, 9.17) is 5.73 Å². The Morgan fingerprint density at radius 1 is 1.75 bits per heavy atom. The second-order valence-corrected chi connectivity index (χ2v) is 2.73. The van der Waals surface area contributed by atoms with Gasteiger partial charge in [-0.15, -0.1) is 0 Å². The summed E-state index contributed by atoms with van der Waals surface area (Å²) in [6.07, 6.45) is 5.40. The van der Waals surface area contributed by atoms with Gasteiger partial charge in [-0.05, 0) is 6.42 Å². The maximum Gasteiger partial charge on any atom is 0.103 e. The average Bonchev–Trinajstić information content (AvgIpc) is 2.36. The number of aliphatic imine (C=N–C) groups is 1. The molecule has 66 valence electrons. The normalized spacial score (nSPS) is 12.0. The minimum atomic E-state index is 0.672.